The molecule has 4 rings (SSSR count). The molecule has 25 heteroatoms. The van der Waals surface area contributed by atoms with E-state index in [0.717, 1.165) is 22.3 Å². The molecule has 0 aliphatic rings. The summed E-state index contributed by atoms with van der Waals surface area (Å²) in [6.07, 6.45) is -1.24. The minimum atomic E-state index is -3.90. The summed E-state index contributed by atoms with van der Waals surface area (Å²) in [6.45, 7) is 28.1. The Morgan fingerprint density at radius 2 is 0.675 bits per heavy atom. The van der Waals surface area contributed by atoms with Crippen molar-refractivity contribution >= 4 is 67.3 Å². The molecule has 0 saturated carbocycles. The van der Waals surface area contributed by atoms with E-state index >= 15 is 0 Å². The van der Waals surface area contributed by atoms with E-state index in [-0.39, 0.29) is 111 Å². The number of rotatable bonds is 30. The van der Waals surface area contributed by atoms with E-state index in [4.69, 9.17) is 51.2 Å². The summed E-state index contributed by atoms with van der Waals surface area (Å²) < 4.78 is 146. The number of benzene rings is 4. The lowest BCUT2D eigenvalue weighted by Gasteiger charge is -2.37. The van der Waals surface area contributed by atoms with Crippen LogP contribution >= 0.6 is 11.1 Å². The Bertz CT molecular complexity index is 2840. The normalized spacial score (nSPS) is 13.5. The Balaban J connectivity index is 0.000000704. The van der Waals surface area contributed by atoms with Crippen molar-refractivity contribution in [2.24, 2.45) is 0 Å². The summed E-state index contributed by atoms with van der Waals surface area (Å²) in [5, 5.41) is 9.68. The molecule has 4 aromatic carbocycles. The molecule has 4 aromatic rings. The van der Waals surface area contributed by atoms with Crippen LogP contribution in [0, 0.1) is 27.7 Å². The van der Waals surface area contributed by atoms with Gasteiger partial charge in [0.2, 0.25) is 0 Å². The Morgan fingerprint density at radius 1 is 0.425 bits per heavy atom. The molecule has 0 aromatic heterocycles. The molecule has 0 amide bonds. The second-order valence-electron chi connectivity index (χ2n) is 21.5. The van der Waals surface area contributed by atoms with Crippen LogP contribution in [0.1, 0.15) is 71.2 Å². The predicted molar refractivity (Wildman–Crippen MR) is 318 cm³/mol. The van der Waals surface area contributed by atoms with Crippen LogP contribution < -0.4 is 0 Å². The molecule has 0 radical (unpaired) electrons. The zero-order valence-corrected chi connectivity index (χ0v) is 54.3. The number of halogens is 1. The average Bonchev–Trinajstić information content (AvgIpc) is 3.34. The van der Waals surface area contributed by atoms with Gasteiger partial charge in [-0.1, -0.05) is 133 Å². The number of hydrogen-bond acceptors (Lipinski definition) is 18. The van der Waals surface area contributed by atoms with E-state index in [1.807, 2.05) is 27.7 Å². The summed E-state index contributed by atoms with van der Waals surface area (Å²) in [7, 11) is -19.0. The van der Waals surface area contributed by atoms with Crippen LogP contribution in [0.4, 0.5) is 0 Å². The lowest BCUT2D eigenvalue weighted by molar-refractivity contribution is -0.0518. The van der Waals surface area contributed by atoms with E-state index in [2.05, 4.69) is 67.7 Å². The molecule has 0 bridgehead atoms. The minimum Gasteiger partial charge on any atom is -0.414 e. The maximum absolute atomic E-state index is 12.4. The van der Waals surface area contributed by atoms with E-state index in [9.17, 15) is 38.8 Å². The molecule has 0 spiro atoms. The zero-order chi connectivity index (χ0) is 59.9. The van der Waals surface area contributed by atoms with Crippen molar-refractivity contribution in [3.8, 4) is 0 Å². The van der Waals surface area contributed by atoms with Crippen LogP contribution in [0.5, 0.6) is 0 Å². The number of aliphatic hydroxyl groups is 1. The zero-order valence-electron chi connectivity index (χ0n) is 48.3. The Hall–Kier alpha value is -3.00. The number of aryl methyl sites for hydroxylation is 4. The lowest BCUT2D eigenvalue weighted by atomic mass is 10.2. The van der Waals surface area contributed by atoms with Gasteiger partial charge in [-0.05, 0) is 99.4 Å². The number of ether oxygens (including phenoxy) is 4. The molecule has 0 aliphatic heterocycles. The van der Waals surface area contributed by atoms with E-state index in [0.29, 0.717) is 5.04 Å². The van der Waals surface area contributed by atoms with Gasteiger partial charge < -0.3 is 28.5 Å². The van der Waals surface area contributed by atoms with Gasteiger partial charge in [-0.25, -0.2) is 0 Å². The van der Waals surface area contributed by atoms with Gasteiger partial charge in [0.1, 0.15) is 12.2 Å². The number of aliphatic hydroxyl groups excluding tert-OH is 1. The second-order valence-corrected chi connectivity index (χ2v) is 40.0. The Kier molecular flexibility index (Phi) is 32.0. The lowest BCUT2D eigenvalue weighted by Crippen LogP contribution is -2.43. The second kappa shape index (κ2) is 34.1. The van der Waals surface area contributed by atoms with Gasteiger partial charge in [-0.15, -0.1) is 0 Å². The molecule has 2 atom stereocenters. The fourth-order valence-corrected chi connectivity index (χ4v) is 10.1. The van der Waals surface area contributed by atoms with Gasteiger partial charge in [0, 0.05) is 0 Å². The monoisotopic (exact) mass is 1260 g/mol. The fourth-order valence-electron chi connectivity index (χ4n) is 5.46. The van der Waals surface area contributed by atoms with Crippen molar-refractivity contribution in [1.82, 2.24) is 0 Å². The van der Waals surface area contributed by atoms with Gasteiger partial charge in [0.25, 0.3) is 40.5 Å². The van der Waals surface area contributed by atoms with E-state index in [1.165, 1.54) is 48.5 Å². The molecule has 0 aliphatic carbocycles. The molecule has 2 unspecified atom stereocenters. The van der Waals surface area contributed by atoms with Crippen LogP contribution in [0.3, 0.4) is 0 Å². The van der Waals surface area contributed by atoms with Crippen molar-refractivity contribution in [2.45, 2.75) is 145 Å². The predicted octanol–water partition coefficient (Wildman–Crippen LogP) is 10.5. The maximum atomic E-state index is 12.4. The van der Waals surface area contributed by atoms with E-state index in [1.54, 1.807) is 48.5 Å². The first-order valence-corrected chi connectivity index (χ1v) is 38.1. The quantitative estimate of drug-likeness (QED) is 0.0221. The molecular weight excluding hydrogens is 1170 g/mol. The molecular formula is C55H89ClO18S4Si2. The van der Waals surface area contributed by atoms with Gasteiger partial charge in [0.15, 0.2) is 15.7 Å². The minimum absolute atomic E-state index is 0. The molecule has 456 valence electrons. The summed E-state index contributed by atoms with van der Waals surface area (Å²) >= 11 is 6.15. The maximum Gasteiger partial charge on any atom is 0.297 e. The largest absolute Gasteiger partial charge is 0.414 e. The third-order valence-corrected chi connectivity index (χ3v) is 27.6. The SMILES string of the molecule is C.CC(C)(C)[Si](C)(C)Cl.Cc1ccc(S(=O)(=O)OCCOCC(CO)OCCOS(=O)(=O)c2ccc(C)cc2)cc1.Cc1ccc(S(=O)(=O)OCCOCC(CO[Si](C)(C)C(C)(C)C)OCCOS(=O)(=O)c2ccc(C)cc2)cc1. The van der Waals surface area contributed by atoms with Crippen molar-refractivity contribution in [3.63, 3.8) is 0 Å². The molecule has 0 saturated heterocycles. The standard InChI is InChI=1S/C27H42O9S2Si.C21H28O9S2.C6H15ClSi.CH4/c1-22-8-12-25(13-9-22)37(28,29)34-18-16-32-20-24(21-36-39(6,7)27(3,4)5)33-17-19-35-38(30,31)26-14-10-23(2)11-15-26;1-17-3-7-20(8-4-17)31(23,24)29-13-11-27-16-19(15-22)28-12-14-30-32(25,26)21-9-5-18(2)6-10-21;1-6(2,3)8(4,5)7;/h8-15,24H,16-21H2,1-7H3;3-10,19,22H,11-16H2,1-2H3;1-5H3;1H4. The summed E-state index contributed by atoms with van der Waals surface area (Å²) in [6, 6.07) is 25.3. The highest BCUT2D eigenvalue weighted by molar-refractivity contribution is 7.87. The highest BCUT2D eigenvalue weighted by atomic mass is 35.6. The van der Waals surface area contributed by atoms with Crippen LogP contribution in [0.15, 0.2) is 117 Å². The van der Waals surface area contributed by atoms with Gasteiger partial charge in [-0.3, -0.25) is 16.7 Å². The van der Waals surface area contributed by atoms with Crippen LogP contribution in [-0.4, -0.2) is 146 Å². The molecule has 18 nitrogen and oxygen atoms in total. The first-order chi connectivity index (χ1) is 36.4. The third-order valence-electron chi connectivity index (χ3n) is 12.6. The highest BCUT2D eigenvalue weighted by Crippen LogP contribution is 2.38. The smallest absolute Gasteiger partial charge is 0.297 e. The van der Waals surface area contributed by atoms with Crippen LogP contribution in [0.25, 0.3) is 0 Å². The first-order valence-electron chi connectivity index (χ1n) is 25.6. The summed E-state index contributed by atoms with van der Waals surface area (Å²) in [5.41, 5.74) is 3.75. The number of hydrogen-bond donors (Lipinski definition) is 1. The van der Waals surface area contributed by atoms with Crippen molar-refractivity contribution in [3.05, 3.63) is 119 Å². The average molecular weight is 1260 g/mol. The summed E-state index contributed by atoms with van der Waals surface area (Å²) in [5.74, 6) is 0. The highest BCUT2D eigenvalue weighted by Gasteiger charge is 2.38. The van der Waals surface area contributed by atoms with E-state index < -0.39 is 68.4 Å². The molecule has 80 heavy (non-hydrogen) atoms. The Morgan fingerprint density at radius 3 is 0.925 bits per heavy atom. The molecule has 0 fully saturated rings. The molecule has 0 heterocycles. The van der Waals surface area contributed by atoms with Crippen LogP contribution in [0.2, 0.25) is 36.3 Å². The van der Waals surface area contributed by atoms with Gasteiger partial charge in [0.05, 0.1) is 98.9 Å². The Labute approximate surface area is 486 Å². The van der Waals surface area contributed by atoms with Crippen LogP contribution in [-0.2, 0) is 80.6 Å². The molecule has 1 N–H and O–H groups in total. The van der Waals surface area contributed by atoms with Crippen molar-refractivity contribution in [2.75, 3.05) is 79.3 Å². The topological polar surface area (TPSA) is 240 Å². The summed E-state index contributed by atoms with van der Waals surface area (Å²) in [4.78, 5) is 0.262. The first kappa shape index (κ1) is 75.0. The van der Waals surface area contributed by atoms with Crippen molar-refractivity contribution in [1.29, 1.82) is 0 Å². The fraction of sp³-hybridized carbons (Fsp3) is 0.564. The third kappa shape index (κ3) is 28.1. The van der Waals surface area contributed by atoms with Crippen molar-refractivity contribution < 1.29 is 78.9 Å². The van der Waals surface area contributed by atoms with Gasteiger partial charge >= 0.3 is 0 Å². The van der Waals surface area contributed by atoms with Gasteiger partial charge in [-0.2, -0.15) is 44.8 Å².